The maximum atomic E-state index is 14.7. The molecular weight excluding hydrogens is 411 g/mol. The number of imidazole rings is 1. The van der Waals surface area contributed by atoms with Gasteiger partial charge in [0.05, 0.1) is 24.7 Å². The van der Waals surface area contributed by atoms with Crippen molar-refractivity contribution in [2.24, 2.45) is 0 Å². The highest BCUT2D eigenvalue weighted by atomic mass is 35.5. The molecule has 1 aromatic heterocycles. The van der Waals surface area contributed by atoms with E-state index in [1.165, 1.54) is 42.6 Å². The van der Waals surface area contributed by atoms with Crippen LogP contribution in [0.15, 0.2) is 48.8 Å². The van der Waals surface area contributed by atoms with E-state index < -0.39 is 23.9 Å². The highest BCUT2D eigenvalue weighted by Crippen LogP contribution is 2.36. The van der Waals surface area contributed by atoms with E-state index in [2.05, 4.69) is 15.3 Å². The van der Waals surface area contributed by atoms with Gasteiger partial charge in [0.15, 0.2) is 0 Å². The third kappa shape index (κ3) is 3.73. The Morgan fingerprint density at radius 3 is 2.93 bits per heavy atom. The van der Waals surface area contributed by atoms with Gasteiger partial charge < -0.3 is 19.9 Å². The number of benzene rings is 2. The van der Waals surface area contributed by atoms with Crippen LogP contribution in [0.4, 0.5) is 14.9 Å². The van der Waals surface area contributed by atoms with Gasteiger partial charge in [-0.05, 0) is 36.4 Å². The van der Waals surface area contributed by atoms with Crippen LogP contribution in [-0.4, -0.2) is 40.5 Å². The number of hydrogen-bond donors (Lipinski definition) is 2. The first kappa shape index (κ1) is 19.9. The van der Waals surface area contributed by atoms with Gasteiger partial charge in [-0.2, -0.15) is 0 Å². The number of hydrogen-bond acceptors (Lipinski definition) is 4. The predicted octanol–water partition coefficient (Wildman–Crippen LogP) is 4.17. The predicted molar refractivity (Wildman–Crippen MR) is 109 cm³/mol. The number of H-pyrrole nitrogens is 1. The molecular formula is C21H18ClFN4O3. The normalized spacial score (nSPS) is 15.4. The van der Waals surface area contributed by atoms with Crippen LogP contribution in [0.1, 0.15) is 33.4 Å². The fourth-order valence-electron chi connectivity index (χ4n) is 3.57. The maximum Gasteiger partial charge on any atom is 0.337 e. The number of fused-ring (bicyclic) bond motifs is 1. The second kappa shape index (κ2) is 8.16. The summed E-state index contributed by atoms with van der Waals surface area (Å²) in [5, 5.41) is 3.13. The van der Waals surface area contributed by atoms with Gasteiger partial charge >= 0.3 is 12.0 Å². The van der Waals surface area contributed by atoms with Crippen LogP contribution >= 0.6 is 11.6 Å². The number of aromatic nitrogens is 2. The minimum Gasteiger partial charge on any atom is -0.465 e. The average Bonchev–Trinajstić information content (AvgIpc) is 3.23. The third-order valence-electron chi connectivity index (χ3n) is 4.97. The van der Waals surface area contributed by atoms with Gasteiger partial charge in [-0.1, -0.05) is 17.7 Å². The van der Waals surface area contributed by atoms with Crippen LogP contribution in [-0.2, 0) is 11.2 Å². The Morgan fingerprint density at radius 1 is 1.30 bits per heavy atom. The van der Waals surface area contributed by atoms with E-state index in [-0.39, 0.29) is 5.56 Å². The molecule has 1 atom stereocenters. The zero-order valence-electron chi connectivity index (χ0n) is 16.0. The number of carbonyl (C=O) groups is 2. The molecule has 0 unspecified atom stereocenters. The van der Waals surface area contributed by atoms with Crippen LogP contribution in [0.5, 0.6) is 0 Å². The van der Waals surface area contributed by atoms with Gasteiger partial charge in [-0.25, -0.2) is 19.0 Å². The molecule has 0 aliphatic carbocycles. The number of carbonyl (C=O) groups excluding carboxylic acids is 2. The lowest BCUT2D eigenvalue weighted by molar-refractivity contribution is 0.0600. The summed E-state index contributed by atoms with van der Waals surface area (Å²) in [5.74, 6) is -0.991. The Labute approximate surface area is 176 Å². The van der Waals surface area contributed by atoms with Crippen LogP contribution in [0.3, 0.4) is 0 Å². The molecule has 0 bridgehead atoms. The molecule has 2 amide bonds. The van der Waals surface area contributed by atoms with E-state index in [4.69, 9.17) is 16.3 Å². The highest BCUT2D eigenvalue weighted by Gasteiger charge is 2.36. The van der Waals surface area contributed by atoms with Crippen molar-refractivity contribution in [3.05, 3.63) is 82.1 Å². The van der Waals surface area contributed by atoms with E-state index in [1.54, 1.807) is 18.2 Å². The zero-order chi connectivity index (χ0) is 21.3. The summed E-state index contributed by atoms with van der Waals surface area (Å²) in [6, 6.07) is 9.43. The molecule has 30 heavy (non-hydrogen) atoms. The Kier molecular flexibility index (Phi) is 5.41. The molecule has 2 N–H and O–H groups in total. The van der Waals surface area contributed by atoms with Gasteiger partial charge in [-0.15, -0.1) is 0 Å². The summed E-state index contributed by atoms with van der Waals surface area (Å²) in [6.07, 6.45) is 2.07. The second-order valence-corrected chi connectivity index (χ2v) is 7.22. The molecule has 1 aliphatic heterocycles. The Balaban J connectivity index is 1.68. The van der Waals surface area contributed by atoms with Crippen molar-refractivity contribution >= 4 is 29.3 Å². The molecule has 4 rings (SSSR count). The molecule has 3 aromatic rings. The summed E-state index contributed by atoms with van der Waals surface area (Å²) >= 11 is 6.10. The molecule has 1 aliphatic rings. The Hall–Kier alpha value is -3.39. The Morgan fingerprint density at radius 2 is 2.13 bits per heavy atom. The number of amides is 2. The minimum atomic E-state index is -0.748. The highest BCUT2D eigenvalue weighted by molar-refractivity contribution is 6.30. The van der Waals surface area contributed by atoms with Crippen molar-refractivity contribution in [2.75, 3.05) is 19.0 Å². The lowest BCUT2D eigenvalue weighted by Gasteiger charge is -2.35. The molecule has 2 heterocycles. The molecule has 2 aromatic carbocycles. The summed E-state index contributed by atoms with van der Waals surface area (Å²) in [7, 11) is 1.28. The lowest BCUT2D eigenvalue weighted by atomic mass is 9.95. The number of urea groups is 1. The van der Waals surface area contributed by atoms with Gasteiger partial charge in [0.2, 0.25) is 0 Å². The van der Waals surface area contributed by atoms with E-state index >= 15 is 0 Å². The molecule has 154 valence electrons. The quantitative estimate of drug-likeness (QED) is 0.613. The lowest BCUT2D eigenvalue weighted by Crippen LogP contribution is -2.43. The number of nitrogens with zero attached hydrogens (tertiary/aromatic N) is 2. The van der Waals surface area contributed by atoms with Crippen molar-refractivity contribution in [3.8, 4) is 0 Å². The number of methoxy groups -OCH3 is 1. The van der Waals surface area contributed by atoms with Crippen molar-refractivity contribution < 1.29 is 18.7 Å². The number of ether oxygens (including phenoxy) is 1. The first-order valence-corrected chi connectivity index (χ1v) is 9.59. The summed E-state index contributed by atoms with van der Waals surface area (Å²) in [6.45, 7) is 0.342. The SMILES string of the molecule is COC(=O)c1cccc(NC(=O)N2CCc3[nH]cnc3[C@@H]2c2cc(Cl)ccc2F)c1. The largest absolute Gasteiger partial charge is 0.465 e. The number of aromatic amines is 1. The monoisotopic (exact) mass is 428 g/mol. The van der Waals surface area contributed by atoms with Crippen molar-refractivity contribution in [1.29, 1.82) is 0 Å². The summed E-state index contributed by atoms with van der Waals surface area (Å²) in [4.78, 5) is 33.8. The standard InChI is InChI=1S/C21H18ClFN4O3/c1-30-20(28)12-3-2-4-14(9-12)26-21(29)27-8-7-17-18(25-11-24-17)19(27)15-10-13(22)5-6-16(15)23/h2-6,9-11,19H,7-8H2,1H3,(H,24,25)(H,26,29)/t19-/m0/s1. The fourth-order valence-corrected chi connectivity index (χ4v) is 3.75. The third-order valence-corrected chi connectivity index (χ3v) is 5.21. The summed E-state index contributed by atoms with van der Waals surface area (Å²) in [5.41, 5.74) is 2.40. The molecule has 7 nitrogen and oxygen atoms in total. The summed E-state index contributed by atoms with van der Waals surface area (Å²) < 4.78 is 19.4. The van der Waals surface area contributed by atoms with Gasteiger partial charge in [0, 0.05) is 34.9 Å². The first-order chi connectivity index (χ1) is 14.5. The minimum absolute atomic E-state index is 0.258. The van der Waals surface area contributed by atoms with E-state index in [0.29, 0.717) is 34.9 Å². The van der Waals surface area contributed by atoms with Crippen molar-refractivity contribution in [1.82, 2.24) is 14.9 Å². The van der Waals surface area contributed by atoms with Gasteiger partial charge in [0.25, 0.3) is 0 Å². The van der Waals surface area contributed by atoms with E-state index in [1.807, 2.05) is 0 Å². The molecule has 0 radical (unpaired) electrons. The van der Waals surface area contributed by atoms with Gasteiger partial charge in [0.1, 0.15) is 11.9 Å². The second-order valence-electron chi connectivity index (χ2n) is 6.78. The average molecular weight is 429 g/mol. The first-order valence-electron chi connectivity index (χ1n) is 9.21. The van der Waals surface area contributed by atoms with E-state index in [9.17, 15) is 14.0 Å². The topological polar surface area (TPSA) is 87.3 Å². The van der Waals surface area contributed by atoms with Crippen LogP contribution in [0.25, 0.3) is 0 Å². The smallest absolute Gasteiger partial charge is 0.337 e. The van der Waals surface area contributed by atoms with E-state index in [0.717, 1.165) is 5.69 Å². The number of esters is 1. The maximum absolute atomic E-state index is 14.7. The molecule has 0 saturated heterocycles. The molecule has 0 spiro atoms. The van der Waals surface area contributed by atoms with Gasteiger partial charge in [-0.3, -0.25) is 0 Å². The van der Waals surface area contributed by atoms with Crippen LogP contribution in [0.2, 0.25) is 5.02 Å². The van der Waals surface area contributed by atoms with Crippen LogP contribution in [0, 0.1) is 5.82 Å². The number of anilines is 1. The van der Waals surface area contributed by atoms with Crippen molar-refractivity contribution in [3.63, 3.8) is 0 Å². The number of nitrogens with one attached hydrogen (secondary N) is 2. The molecule has 0 fully saturated rings. The zero-order valence-corrected chi connectivity index (χ0v) is 16.7. The number of rotatable bonds is 3. The molecule has 0 saturated carbocycles. The van der Waals surface area contributed by atoms with Crippen LogP contribution < -0.4 is 5.32 Å². The Bertz CT molecular complexity index is 1120. The fraction of sp³-hybridized carbons (Fsp3) is 0.190. The number of halogens is 2. The van der Waals surface area contributed by atoms with Crippen molar-refractivity contribution in [2.45, 2.75) is 12.5 Å². The molecule has 9 heteroatoms.